The van der Waals surface area contributed by atoms with Crippen molar-refractivity contribution in [2.45, 2.75) is 25.3 Å². The Morgan fingerprint density at radius 3 is 2.94 bits per heavy atom. The van der Waals surface area contributed by atoms with Crippen molar-refractivity contribution >= 4 is 29.3 Å². The van der Waals surface area contributed by atoms with E-state index in [0.717, 1.165) is 12.8 Å². The number of carboxylic acid groups (broad SMARTS) is 1. The van der Waals surface area contributed by atoms with Gasteiger partial charge in [0, 0.05) is 13.1 Å². The second-order valence-corrected chi connectivity index (χ2v) is 4.35. The lowest BCUT2D eigenvalue weighted by molar-refractivity contribution is -0.129. The molecule has 0 aliphatic carbocycles. The quantitative estimate of drug-likeness (QED) is 0.520. The first-order valence-corrected chi connectivity index (χ1v) is 6.16. The van der Waals surface area contributed by atoms with E-state index in [2.05, 4.69) is 17.2 Å². The summed E-state index contributed by atoms with van der Waals surface area (Å²) >= 11 is 5.11. The molecule has 6 nitrogen and oxygen atoms in total. The van der Waals surface area contributed by atoms with Crippen LogP contribution in [-0.2, 0) is 4.79 Å². The standard InChI is InChI=1S/C11H17N3O3S/c1-2-6-12-10(18)14-7-4-3-5-8(9(14)15)13-11(16)17/h2,8,13H,1,3-7H2,(H,12,18)(H,16,17)/t8-/m0/s1. The van der Waals surface area contributed by atoms with E-state index in [0.29, 0.717) is 24.6 Å². The van der Waals surface area contributed by atoms with Crippen LogP contribution in [0.2, 0.25) is 0 Å². The molecule has 0 saturated carbocycles. The molecular weight excluding hydrogens is 254 g/mol. The maximum Gasteiger partial charge on any atom is 0.405 e. The van der Waals surface area contributed by atoms with Crippen LogP contribution in [-0.4, -0.2) is 46.3 Å². The summed E-state index contributed by atoms with van der Waals surface area (Å²) in [4.78, 5) is 24.2. The van der Waals surface area contributed by atoms with Gasteiger partial charge in [-0.2, -0.15) is 0 Å². The average Bonchev–Trinajstić information content (AvgIpc) is 2.49. The van der Waals surface area contributed by atoms with Crippen LogP contribution in [0, 0.1) is 0 Å². The van der Waals surface area contributed by atoms with Gasteiger partial charge in [0.1, 0.15) is 6.04 Å². The summed E-state index contributed by atoms with van der Waals surface area (Å²) in [5.41, 5.74) is 0. The summed E-state index contributed by atoms with van der Waals surface area (Å²) in [5, 5.41) is 14.1. The fourth-order valence-corrected chi connectivity index (χ4v) is 2.04. The third-order valence-electron chi connectivity index (χ3n) is 2.63. The Morgan fingerprint density at radius 1 is 1.61 bits per heavy atom. The van der Waals surface area contributed by atoms with Crippen molar-refractivity contribution in [3.8, 4) is 0 Å². The molecule has 3 N–H and O–H groups in total. The minimum Gasteiger partial charge on any atom is -0.465 e. The molecular formula is C11H17N3O3S. The van der Waals surface area contributed by atoms with Crippen LogP contribution in [0.1, 0.15) is 19.3 Å². The summed E-state index contributed by atoms with van der Waals surface area (Å²) in [6, 6.07) is -0.714. The van der Waals surface area contributed by atoms with Crippen LogP contribution in [0.15, 0.2) is 12.7 Å². The summed E-state index contributed by atoms with van der Waals surface area (Å²) in [6.07, 6.45) is 2.55. The van der Waals surface area contributed by atoms with Gasteiger partial charge in [-0.05, 0) is 31.5 Å². The number of hydrogen-bond donors (Lipinski definition) is 3. The molecule has 0 aromatic heterocycles. The molecule has 0 spiro atoms. The number of hydrogen-bond acceptors (Lipinski definition) is 3. The van der Waals surface area contributed by atoms with E-state index in [1.807, 2.05) is 0 Å². The predicted octanol–water partition coefficient (Wildman–Crippen LogP) is 0.696. The van der Waals surface area contributed by atoms with Gasteiger partial charge in [0.2, 0.25) is 0 Å². The molecule has 0 aromatic carbocycles. The van der Waals surface area contributed by atoms with Crippen molar-refractivity contribution in [2.24, 2.45) is 0 Å². The summed E-state index contributed by atoms with van der Waals surface area (Å²) in [6.45, 7) is 4.54. The van der Waals surface area contributed by atoms with E-state index in [1.165, 1.54) is 4.90 Å². The Bertz CT molecular complexity index is 359. The molecule has 1 aliphatic rings. The number of rotatable bonds is 3. The van der Waals surface area contributed by atoms with E-state index in [1.54, 1.807) is 6.08 Å². The highest BCUT2D eigenvalue weighted by atomic mass is 32.1. The second kappa shape index (κ2) is 6.95. The molecule has 1 heterocycles. The molecule has 1 fully saturated rings. The Morgan fingerprint density at radius 2 is 2.33 bits per heavy atom. The molecule has 18 heavy (non-hydrogen) atoms. The second-order valence-electron chi connectivity index (χ2n) is 3.96. The zero-order valence-electron chi connectivity index (χ0n) is 10.0. The van der Waals surface area contributed by atoms with E-state index in [4.69, 9.17) is 17.3 Å². The van der Waals surface area contributed by atoms with Crippen LogP contribution < -0.4 is 10.6 Å². The Hall–Kier alpha value is -1.63. The van der Waals surface area contributed by atoms with Crippen molar-refractivity contribution in [1.29, 1.82) is 0 Å². The van der Waals surface area contributed by atoms with E-state index in [-0.39, 0.29) is 5.91 Å². The van der Waals surface area contributed by atoms with Crippen molar-refractivity contribution in [3.05, 3.63) is 12.7 Å². The number of thiocarbonyl (C=S) groups is 1. The van der Waals surface area contributed by atoms with Gasteiger partial charge in [-0.1, -0.05) is 6.08 Å². The molecule has 100 valence electrons. The third-order valence-corrected chi connectivity index (χ3v) is 2.99. The average molecular weight is 271 g/mol. The third kappa shape index (κ3) is 3.99. The van der Waals surface area contributed by atoms with E-state index < -0.39 is 12.1 Å². The summed E-state index contributed by atoms with van der Waals surface area (Å²) < 4.78 is 0. The van der Waals surface area contributed by atoms with Gasteiger partial charge in [-0.25, -0.2) is 4.79 Å². The lowest BCUT2D eigenvalue weighted by Crippen LogP contribution is -2.51. The Balaban J connectivity index is 2.70. The Kier molecular flexibility index (Phi) is 5.57. The van der Waals surface area contributed by atoms with Gasteiger partial charge in [0.25, 0.3) is 5.91 Å². The first-order valence-electron chi connectivity index (χ1n) is 5.76. The van der Waals surface area contributed by atoms with E-state index in [9.17, 15) is 9.59 Å². The molecule has 0 bridgehead atoms. The minimum atomic E-state index is -1.19. The van der Waals surface area contributed by atoms with Gasteiger partial charge in [0.15, 0.2) is 5.11 Å². The highest BCUT2D eigenvalue weighted by Gasteiger charge is 2.30. The van der Waals surface area contributed by atoms with Crippen molar-refractivity contribution in [1.82, 2.24) is 15.5 Å². The van der Waals surface area contributed by atoms with Crippen molar-refractivity contribution < 1.29 is 14.7 Å². The fraction of sp³-hybridized carbons (Fsp3) is 0.545. The zero-order valence-corrected chi connectivity index (χ0v) is 10.8. The van der Waals surface area contributed by atoms with Crippen LogP contribution in [0.3, 0.4) is 0 Å². The van der Waals surface area contributed by atoms with Crippen molar-refractivity contribution in [3.63, 3.8) is 0 Å². The predicted molar refractivity (Wildman–Crippen MR) is 71.3 cm³/mol. The monoisotopic (exact) mass is 271 g/mol. The topological polar surface area (TPSA) is 81.7 Å². The molecule has 1 saturated heterocycles. The van der Waals surface area contributed by atoms with E-state index >= 15 is 0 Å². The van der Waals surface area contributed by atoms with Crippen molar-refractivity contribution in [2.75, 3.05) is 13.1 Å². The first-order chi connectivity index (χ1) is 8.56. The number of nitrogens with zero attached hydrogens (tertiary/aromatic N) is 1. The van der Waals surface area contributed by atoms with Crippen LogP contribution in [0.25, 0.3) is 0 Å². The van der Waals surface area contributed by atoms with Gasteiger partial charge in [-0.3, -0.25) is 9.69 Å². The smallest absolute Gasteiger partial charge is 0.405 e. The Labute approximate surface area is 111 Å². The molecule has 1 rings (SSSR count). The molecule has 1 aliphatic heterocycles. The fourth-order valence-electron chi connectivity index (χ4n) is 1.78. The number of nitrogens with one attached hydrogen (secondary N) is 2. The lowest BCUT2D eigenvalue weighted by Gasteiger charge is -2.24. The number of likely N-dealkylation sites (tertiary alicyclic amines) is 1. The maximum absolute atomic E-state index is 12.1. The largest absolute Gasteiger partial charge is 0.465 e. The van der Waals surface area contributed by atoms with Gasteiger partial charge in [0.05, 0.1) is 0 Å². The zero-order chi connectivity index (χ0) is 13.5. The number of amides is 2. The molecule has 0 unspecified atom stereocenters. The summed E-state index contributed by atoms with van der Waals surface area (Å²) in [7, 11) is 0. The number of carbonyl (C=O) groups excluding carboxylic acids is 1. The van der Waals surface area contributed by atoms with Gasteiger partial charge < -0.3 is 15.7 Å². The summed E-state index contributed by atoms with van der Waals surface area (Å²) in [5.74, 6) is -0.295. The highest BCUT2D eigenvalue weighted by molar-refractivity contribution is 7.80. The molecule has 0 radical (unpaired) electrons. The minimum absolute atomic E-state index is 0.295. The number of carbonyl (C=O) groups is 2. The van der Waals surface area contributed by atoms with Gasteiger partial charge in [-0.15, -0.1) is 6.58 Å². The molecule has 0 aromatic rings. The normalized spacial score (nSPS) is 19.9. The van der Waals surface area contributed by atoms with Crippen LogP contribution in [0.5, 0.6) is 0 Å². The molecule has 1 atom stereocenters. The lowest BCUT2D eigenvalue weighted by atomic mass is 10.1. The van der Waals surface area contributed by atoms with Crippen LogP contribution >= 0.6 is 12.2 Å². The first kappa shape index (κ1) is 14.4. The SMILES string of the molecule is C=CCNC(=S)N1CCCC[C@H](NC(=O)O)C1=O. The highest BCUT2D eigenvalue weighted by Crippen LogP contribution is 2.12. The van der Waals surface area contributed by atoms with Gasteiger partial charge >= 0.3 is 6.09 Å². The molecule has 2 amide bonds. The maximum atomic E-state index is 12.1. The van der Waals surface area contributed by atoms with Crippen LogP contribution in [0.4, 0.5) is 4.79 Å². The molecule has 7 heteroatoms.